The van der Waals surface area contributed by atoms with Crippen LogP contribution in [0.1, 0.15) is 66.2 Å². The van der Waals surface area contributed by atoms with Crippen molar-refractivity contribution in [3.05, 3.63) is 0 Å². The summed E-state index contributed by atoms with van der Waals surface area (Å²) in [5.74, 6) is 2.98. The first-order valence-electron chi connectivity index (χ1n) is 8.96. The topological polar surface area (TPSA) is 29.3 Å². The number of nitrogens with zero attached hydrogens (tertiary/aromatic N) is 1. The summed E-state index contributed by atoms with van der Waals surface area (Å²) in [7, 11) is 0. The lowest BCUT2D eigenvalue weighted by Crippen LogP contribution is -2.57. The first kappa shape index (κ1) is 17.6. The van der Waals surface area contributed by atoms with Crippen LogP contribution in [0.15, 0.2) is 0 Å². The van der Waals surface area contributed by atoms with Gasteiger partial charge in [0.25, 0.3) is 0 Å². The molecule has 0 bridgehead atoms. The van der Waals surface area contributed by atoms with Crippen molar-refractivity contribution in [2.75, 3.05) is 25.4 Å². The molecule has 1 heterocycles. The third-order valence-corrected chi connectivity index (χ3v) is 6.99. The highest BCUT2D eigenvalue weighted by Gasteiger charge is 2.41. The monoisotopic (exact) mass is 312 g/mol. The first-order valence-corrected chi connectivity index (χ1v) is 9.94. The van der Waals surface area contributed by atoms with E-state index in [4.69, 9.17) is 5.73 Å². The van der Waals surface area contributed by atoms with Crippen LogP contribution in [0.25, 0.3) is 0 Å². The summed E-state index contributed by atoms with van der Waals surface area (Å²) in [5.41, 5.74) is 6.64. The maximum Gasteiger partial charge on any atom is 0.0334 e. The highest BCUT2D eigenvalue weighted by Crippen LogP contribution is 2.41. The summed E-state index contributed by atoms with van der Waals surface area (Å²) >= 11 is 2.15. The second-order valence-electron chi connectivity index (χ2n) is 8.37. The molecule has 2 rings (SSSR count). The highest BCUT2D eigenvalue weighted by molar-refractivity contribution is 8.00. The summed E-state index contributed by atoms with van der Waals surface area (Å²) in [4.78, 5) is 2.78. The molecule has 0 radical (unpaired) electrons. The van der Waals surface area contributed by atoms with E-state index in [1.807, 2.05) is 0 Å². The van der Waals surface area contributed by atoms with Gasteiger partial charge in [0.15, 0.2) is 0 Å². The molecule has 1 aliphatic carbocycles. The third kappa shape index (κ3) is 4.62. The minimum atomic E-state index is 0.304. The number of nitrogens with two attached hydrogens (primary N) is 1. The molecule has 0 aromatic carbocycles. The van der Waals surface area contributed by atoms with E-state index < -0.39 is 0 Å². The van der Waals surface area contributed by atoms with Gasteiger partial charge in [-0.1, -0.05) is 40.5 Å². The molecule has 2 N–H and O–H groups in total. The van der Waals surface area contributed by atoms with Crippen LogP contribution in [0.5, 0.6) is 0 Å². The molecule has 2 unspecified atom stereocenters. The van der Waals surface area contributed by atoms with E-state index in [1.54, 1.807) is 0 Å². The van der Waals surface area contributed by atoms with Crippen LogP contribution >= 0.6 is 11.8 Å². The fourth-order valence-corrected chi connectivity index (χ4v) is 5.53. The molecule has 21 heavy (non-hydrogen) atoms. The Bertz CT molecular complexity index is 329. The zero-order chi connectivity index (χ0) is 15.5. The standard InChI is InChI=1S/C18H36N2S/c1-15(2)12-16-6-5-7-18(13-16,14-19)20-9-8-17(3,4)21-11-10-20/h15-16H,5-14,19H2,1-4H3. The van der Waals surface area contributed by atoms with Crippen LogP contribution in [0.4, 0.5) is 0 Å². The van der Waals surface area contributed by atoms with Crippen LogP contribution in [0, 0.1) is 11.8 Å². The molecular weight excluding hydrogens is 276 g/mol. The smallest absolute Gasteiger partial charge is 0.0334 e. The molecule has 0 aromatic heterocycles. The Morgan fingerprint density at radius 1 is 1.24 bits per heavy atom. The molecule has 2 fully saturated rings. The Morgan fingerprint density at radius 3 is 2.67 bits per heavy atom. The average molecular weight is 313 g/mol. The second-order valence-corrected chi connectivity index (χ2v) is 10.2. The van der Waals surface area contributed by atoms with E-state index in [9.17, 15) is 0 Å². The lowest BCUT2D eigenvalue weighted by molar-refractivity contribution is 0.0352. The summed E-state index contributed by atoms with van der Waals surface area (Å²) in [6.45, 7) is 12.9. The molecule has 1 saturated heterocycles. The fourth-order valence-electron chi connectivity index (χ4n) is 4.43. The van der Waals surface area contributed by atoms with Crippen molar-refractivity contribution in [3.63, 3.8) is 0 Å². The molecule has 2 atom stereocenters. The van der Waals surface area contributed by atoms with Crippen molar-refractivity contribution in [2.24, 2.45) is 17.6 Å². The van der Waals surface area contributed by atoms with Gasteiger partial charge in [-0.2, -0.15) is 11.8 Å². The molecule has 124 valence electrons. The Balaban J connectivity index is 2.05. The van der Waals surface area contributed by atoms with Gasteiger partial charge in [-0.05, 0) is 37.5 Å². The zero-order valence-electron chi connectivity index (χ0n) is 14.7. The Morgan fingerprint density at radius 2 is 2.00 bits per heavy atom. The zero-order valence-corrected chi connectivity index (χ0v) is 15.5. The molecule has 1 aliphatic heterocycles. The van der Waals surface area contributed by atoms with E-state index in [0.717, 1.165) is 18.4 Å². The molecule has 1 saturated carbocycles. The van der Waals surface area contributed by atoms with E-state index in [0.29, 0.717) is 10.3 Å². The van der Waals surface area contributed by atoms with Crippen molar-refractivity contribution in [1.82, 2.24) is 4.90 Å². The minimum absolute atomic E-state index is 0.304. The maximum absolute atomic E-state index is 6.33. The van der Waals surface area contributed by atoms with Gasteiger partial charge in [-0.3, -0.25) is 4.90 Å². The number of hydrogen-bond acceptors (Lipinski definition) is 3. The van der Waals surface area contributed by atoms with Crippen LogP contribution in [0.2, 0.25) is 0 Å². The van der Waals surface area contributed by atoms with Crippen LogP contribution < -0.4 is 5.73 Å². The predicted molar refractivity (Wildman–Crippen MR) is 95.9 cm³/mol. The SMILES string of the molecule is CC(C)CC1CCCC(CN)(N2CCSC(C)(C)CC2)C1. The Hall–Kier alpha value is 0.270. The molecule has 2 nitrogen and oxygen atoms in total. The number of thioether (sulfide) groups is 1. The van der Waals surface area contributed by atoms with Crippen molar-refractivity contribution in [2.45, 2.75) is 76.5 Å². The molecule has 0 spiro atoms. The normalized spacial score (nSPS) is 34.9. The summed E-state index contributed by atoms with van der Waals surface area (Å²) < 4.78 is 0.441. The molecule has 0 aromatic rings. The van der Waals surface area contributed by atoms with Gasteiger partial charge >= 0.3 is 0 Å². The lowest BCUT2D eigenvalue weighted by atomic mass is 9.72. The average Bonchev–Trinajstić information content (AvgIpc) is 2.59. The van der Waals surface area contributed by atoms with Gasteiger partial charge in [0.2, 0.25) is 0 Å². The molecule has 3 heteroatoms. The quantitative estimate of drug-likeness (QED) is 0.846. The van der Waals surface area contributed by atoms with Gasteiger partial charge < -0.3 is 5.73 Å². The van der Waals surface area contributed by atoms with Crippen molar-refractivity contribution in [3.8, 4) is 0 Å². The summed E-state index contributed by atoms with van der Waals surface area (Å²) in [5, 5.41) is 0. The second kappa shape index (κ2) is 7.23. The number of hydrogen-bond donors (Lipinski definition) is 1. The van der Waals surface area contributed by atoms with Gasteiger partial charge in [0.05, 0.1) is 0 Å². The van der Waals surface area contributed by atoms with Crippen LogP contribution in [-0.4, -0.2) is 40.6 Å². The van der Waals surface area contributed by atoms with E-state index >= 15 is 0 Å². The lowest BCUT2D eigenvalue weighted by Gasteiger charge is -2.48. The summed E-state index contributed by atoms with van der Waals surface area (Å²) in [6, 6.07) is 0. The van der Waals surface area contributed by atoms with Crippen LogP contribution in [0.3, 0.4) is 0 Å². The van der Waals surface area contributed by atoms with Crippen molar-refractivity contribution < 1.29 is 0 Å². The van der Waals surface area contributed by atoms with E-state index in [-0.39, 0.29) is 0 Å². The summed E-state index contributed by atoms with van der Waals surface area (Å²) in [6.07, 6.45) is 8.15. The third-order valence-electron chi connectivity index (χ3n) is 5.62. The Kier molecular flexibility index (Phi) is 6.07. The van der Waals surface area contributed by atoms with Crippen molar-refractivity contribution >= 4 is 11.8 Å². The van der Waals surface area contributed by atoms with Gasteiger partial charge in [-0.25, -0.2) is 0 Å². The molecule has 2 aliphatic rings. The largest absolute Gasteiger partial charge is 0.329 e. The molecular formula is C18H36N2S. The Labute approximate surface area is 136 Å². The molecule has 0 amide bonds. The van der Waals surface area contributed by atoms with Gasteiger partial charge in [-0.15, -0.1) is 0 Å². The number of rotatable bonds is 4. The first-order chi connectivity index (χ1) is 9.87. The van der Waals surface area contributed by atoms with Gasteiger partial charge in [0, 0.05) is 35.7 Å². The highest BCUT2D eigenvalue weighted by atomic mass is 32.2. The maximum atomic E-state index is 6.33. The van der Waals surface area contributed by atoms with E-state index in [2.05, 4.69) is 44.4 Å². The van der Waals surface area contributed by atoms with Crippen molar-refractivity contribution in [1.29, 1.82) is 0 Å². The minimum Gasteiger partial charge on any atom is -0.329 e. The fraction of sp³-hybridized carbons (Fsp3) is 1.00. The predicted octanol–water partition coefficient (Wildman–Crippen LogP) is 4.14. The van der Waals surface area contributed by atoms with Gasteiger partial charge in [0.1, 0.15) is 0 Å². The van der Waals surface area contributed by atoms with E-state index in [1.165, 1.54) is 57.4 Å². The van der Waals surface area contributed by atoms with Crippen LogP contribution in [-0.2, 0) is 0 Å².